The molecule has 20 heavy (non-hydrogen) atoms. The second-order valence-corrected chi connectivity index (χ2v) is 4.25. The topological polar surface area (TPSA) is 74.6 Å². The number of hydrogen-bond donors (Lipinski definition) is 2. The summed E-state index contributed by atoms with van der Waals surface area (Å²) >= 11 is 0. The van der Waals surface area contributed by atoms with Crippen molar-refractivity contribution in [3.8, 4) is 0 Å². The highest BCUT2D eigenvalue weighted by Crippen LogP contribution is 2.11. The summed E-state index contributed by atoms with van der Waals surface area (Å²) in [4.78, 5) is 15.9. The molecule has 0 radical (unpaired) electrons. The summed E-state index contributed by atoms with van der Waals surface area (Å²) in [7, 11) is 0. The Hall–Kier alpha value is -2.53. The van der Waals surface area contributed by atoms with Gasteiger partial charge in [-0.25, -0.2) is 5.43 Å². The molecular weight excluding hydrogens is 254 g/mol. The molecule has 1 atom stereocenters. The molecule has 0 aliphatic carbocycles. The van der Waals surface area contributed by atoms with Gasteiger partial charge in [-0.05, 0) is 24.6 Å². The second kappa shape index (κ2) is 6.58. The molecule has 1 aromatic carbocycles. The van der Waals surface area contributed by atoms with Crippen LogP contribution >= 0.6 is 0 Å². The van der Waals surface area contributed by atoms with E-state index in [1.807, 2.05) is 25.1 Å². The van der Waals surface area contributed by atoms with Crippen LogP contribution in [0.25, 0.3) is 0 Å². The number of benzene rings is 1. The Balaban J connectivity index is 1.95. The average Bonchev–Trinajstić information content (AvgIpc) is 2.47. The molecule has 0 fully saturated rings. The van der Waals surface area contributed by atoms with Crippen LogP contribution in [0, 0.1) is 6.92 Å². The third kappa shape index (κ3) is 3.73. The number of aryl methyl sites for hydroxylation is 1. The van der Waals surface area contributed by atoms with Gasteiger partial charge in [-0.3, -0.25) is 9.78 Å². The fraction of sp³-hybridized carbons (Fsp3) is 0.133. The Morgan fingerprint density at radius 3 is 2.70 bits per heavy atom. The van der Waals surface area contributed by atoms with Gasteiger partial charge in [-0.2, -0.15) is 5.10 Å². The lowest BCUT2D eigenvalue weighted by Gasteiger charge is -2.08. The first kappa shape index (κ1) is 13.9. The lowest BCUT2D eigenvalue weighted by atomic mass is 10.1. The van der Waals surface area contributed by atoms with Crippen LogP contribution < -0.4 is 5.43 Å². The minimum absolute atomic E-state index is 0.522. The molecule has 0 saturated carbocycles. The van der Waals surface area contributed by atoms with Gasteiger partial charge in [-0.15, -0.1) is 0 Å². The first-order valence-electron chi connectivity index (χ1n) is 6.16. The molecule has 0 bridgehead atoms. The number of nitrogens with zero attached hydrogens (tertiary/aromatic N) is 2. The first-order valence-corrected chi connectivity index (χ1v) is 6.16. The van der Waals surface area contributed by atoms with E-state index in [-0.39, 0.29) is 0 Å². The lowest BCUT2D eigenvalue weighted by molar-refractivity contribution is -0.129. The number of nitrogens with one attached hydrogen (secondary N) is 1. The minimum atomic E-state index is -1.24. The van der Waals surface area contributed by atoms with Gasteiger partial charge in [0.15, 0.2) is 6.10 Å². The van der Waals surface area contributed by atoms with Gasteiger partial charge in [-0.1, -0.05) is 36.4 Å². The highest BCUT2D eigenvalue weighted by Gasteiger charge is 2.15. The molecule has 102 valence electrons. The smallest absolute Gasteiger partial charge is 0.273 e. The number of pyridine rings is 1. The van der Waals surface area contributed by atoms with Gasteiger partial charge in [0.05, 0.1) is 11.9 Å². The number of aliphatic hydroxyl groups is 1. The summed E-state index contributed by atoms with van der Waals surface area (Å²) in [6.07, 6.45) is 0.196. The van der Waals surface area contributed by atoms with Crippen LogP contribution in [-0.2, 0) is 4.79 Å². The monoisotopic (exact) mass is 269 g/mol. The van der Waals surface area contributed by atoms with E-state index in [9.17, 15) is 9.90 Å². The van der Waals surface area contributed by atoms with Crippen molar-refractivity contribution in [2.75, 3.05) is 0 Å². The standard InChI is InChI=1S/C15H15N3O2/c1-11-6-5-9-13(17-11)10-16-18-15(20)14(19)12-7-3-2-4-8-12/h2-10,14,19H,1H3,(H,18,20)/b16-10-/t14-/m0/s1. The van der Waals surface area contributed by atoms with Crippen molar-refractivity contribution >= 4 is 12.1 Å². The predicted molar refractivity (Wildman–Crippen MR) is 76.1 cm³/mol. The molecule has 1 heterocycles. The van der Waals surface area contributed by atoms with Crippen molar-refractivity contribution in [1.29, 1.82) is 0 Å². The summed E-state index contributed by atoms with van der Waals surface area (Å²) in [5.74, 6) is -0.583. The highest BCUT2D eigenvalue weighted by atomic mass is 16.3. The maximum atomic E-state index is 11.7. The number of carbonyl (C=O) groups excluding carboxylic acids is 1. The van der Waals surface area contributed by atoms with E-state index in [2.05, 4.69) is 15.5 Å². The summed E-state index contributed by atoms with van der Waals surface area (Å²) < 4.78 is 0. The highest BCUT2D eigenvalue weighted by molar-refractivity contribution is 5.84. The lowest BCUT2D eigenvalue weighted by Crippen LogP contribution is -2.25. The van der Waals surface area contributed by atoms with Crippen LogP contribution in [0.5, 0.6) is 0 Å². The molecule has 2 N–H and O–H groups in total. The quantitative estimate of drug-likeness (QED) is 0.653. The Labute approximate surface area is 117 Å². The Morgan fingerprint density at radius 1 is 1.25 bits per heavy atom. The molecule has 0 unspecified atom stereocenters. The van der Waals surface area contributed by atoms with Crippen LogP contribution in [0.4, 0.5) is 0 Å². The maximum absolute atomic E-state index is 11.7. The molecule has 5 nitrogen and oxygen atoms in total. The fourth-order valence-corrected chi connectivity index (χ4v) is 1.65. The fourth-order valence-electron chi connectivity index (χ4n) is 1.65. The van der Waals surface area contributed by atoms with Crippen LogP contribution in [-0.4, -0.2) is 22.2 Å². The first-order chi connectivity index (χ1) is 9.66. The summed E-state index contributed by atoms with van der Waals surface area (Å²) in [6, 6.07) is 14.2. The molecule has 2 aromatic rings. The number of aromatic nitrogens is 1. The third-order valence-corrected chi connectivity index (χ3v) is 2.65. The third-order valence-electron chi connectivity index (χ3n) is 2.65. The largest absolute Gasteiger partial charge is 0.378 e. The van der Waals surface area contributed by atoms with E-state index >= 15 is 0 Å². The van der Waals surface area contributed by atoms with Crippen LogP contribution in [0.3, 0.4) is 0 Å². The molecule has 5 heteroatoms. The number of rotatable bonds is 4. The number of hydrazone groups is 1. The molecule has 0 aliphatic rings. The zero-order valence-corrected chi connectivity index (χ0v) is 11.0. The van der Waals surface area contributed by atoms with Crippen molar-refractivity contribution in [3.63, 3.8) is 0 Å². The van der Waals surface area contributed by atoms with Crippen molar-refractivity contribution < 1.29 is 9.90 Å². The molecular formula is C15H15N3O2. The Morgan fingerprint density at radius 2 is 2.00 bits per heavy atom. The van der Waals surface area contributed by atoms with E-state index in [1.165, 1.54) is 6.21 Å². The Kier molecular flexibility index (Phi) is 4.57. The SMILES string of the molecule is Cc1cccc(/C=N\NC(=O)[C@@H](O)c2ccccc2)n1. The van der Waals surface area contributed by atoms with Crippen LogP contribution in [0.15, 0.2) is 53.6 Å². The average molecular weight is 269 g/mol. The molecule has 0 aliphatic heterocycles. The normalized spacial score (nSPS) is 12.3. The summed E-state index contributed by atoms with van der Waals surface area (Å²) in [5, 5.41) is 13.6. The number of hydrogen-bond acceptors (Lipinski definition) is 4. The van der Waals surface area contributed by atoms with E-state index < -0.39 is 12.0 Å². The van der Waals surface area contributed by atoms with E-state index in [0.29, 0.717) is 11.3 Å². The molecule has 0 spiro atoms. The summed E-state index contributed by atoms with van der Waals surface area (Å²) in [5.41, 5.74) is 4.32. The zero-order valence-electron chi connectivity index (χ0n) is 11.0. The zero-order chi connectivity index (χ0) is 14.4. The van der Waals surface area contributed by atoms with E-state index in [4.69, 9.17) is 0 Å². The van der Waals surface area contributed by atoms with Crippen molar-refractivity contribution in [1.82, 2.24) is 10.4 Å². The maximum Gasteiger partial charge on any atom is 0.273 e. The van der Waals surface area contributed by atoms with Crippen LogP contribution in [0.2, 0.25) is 0 Å². The summed E-state index contributed by atoms with van der Waals surface area (Å²) in [6.45, 7) is 1.87. The van der Waals surface area contributed by atoms with Gasteiger partial charge in [0, 0.05) is 5.69 Å². The molecule has 2 rings (SSSR count). The van der Waals surface area contributed by atoms with Crippen molar-refractivity contribution in [2.45, 2.75) is 13.0 Å². The number of aliphatic hydroxyl groups excluding tert-OH is 1. The Bertz CT molecular complexity index is 612. The van der Waals surface area contributed by atoms with Gasteiger partial charge < -0.3 is 5.11 Å². The minimum Gasteiger partial charge on any atom is -0.378 e. The van der Waals surface area contributed by atoms with E-state index in [0.717, 1.165) is 5.69 Å². The van der Waals surface area contributed by atoms with Crippen molar-refractivity contribution in [3.05, 3.63) is 65.5 Å². The van der Waals surface area contributed by atoms with Gasteiger partial charge in [0.25, 0.3) is 5.91 Å². The van der Waals surface area contributed by atoms with Gasteiger partial charge in [0.1, 0.15) is 0 Å². The van der Waals surface area contributed by atoms with E-state index in [1.54, 1.807) is 30.3 Å². The predicted octanol–water partition coefficient (Wildman–Crippen LogP) is 1.57. The number of carbonyl (C=O) groups is 1. The molecule has 0 saturated heterocycles. The van der Waals surface area contributed by atoms with Crippen LogP contribution in [0.1, 0.15) is 23.1 Å². The van der Waals surface area contributed by atoms with Crippen molar-refractivity contribution in [2.24, 2.45) is 5.10 Å². The molecule has 1 aromatic heterocycles. The number of amides is 1. The van der Waals surface area contributed by atoms with Gasteiger partial charge >= 0.3 is 0 Å². The van der Waals surface area contributed by atoms with Gasteiger partial charge in [0.2, 0.25) is 0 Å². The second-order valence-electron chi connectivity index (χ2n) is 4.25. The molecule has 1 amide bonds.